The summed E-state index contributed by atoms with van der Waals surface area (Å²) in [6.07, 6.45) is 3.61. The number of aromatic nitrogens is 3. The minimum absolute atomic E-state index is 0.756. The standard InChI is InChI=1S/C16H16N4/c1-2-17-11-14-7-9-19-16(20-14)13-5-6-15-12(10-13)4-3-8-18-15/h3-10,17H,2,11H2,1H3. The molecule has 2 heterocycles. The lowest BCUT2D eigenvalue weighted by atomic mass is 10.1. The number of hydrogen-bond donors (Lipinski definition) is 1. The van der Waals surface area contributed by atoms with E-state index < -0.39 is 0 Å². The Morgan fingerprint density at radius 3 is 2.90 bits per heavy atom. The van der Waals surface area contributed by atoms with Crippen LogP contribution in [0.25, 0.3) is 22.3 Å². The Kier molecular flexibility index (Phi) is 3.65. The van der Waals surface area contributed by atoms with Crippen molar-refractivity contribution in [2.75, 3.05) is 6.54 Å². The normalized spacial score (nSPS) is 10.8. The van der Waals surface area contributed by atoms with Crippen LogP contribution in [0.2, 0.25) is 0 Å². The van der Waals surface area contributed by atoms with Gasteiger partial charge in [-0.05, 0) is 36.9 Å². The van der Waals surface area contributed by atoms with E-state index in [1.165, 1.54) is 0 Å². The third-order valence-electron chi connectivity index (χ3n) is 3.13. The highest BCUT2D eigenvalue weighted by Gasteiger charge is 2.04. The molecule has 0 fully saturated rings. The van der Waals surface area contributed by atoms with Gasteiger partial charge in [-0.3, -0.25) is 4.98 Å². The van der Waals surface area contributed by atoms with Gasteiger partial charge in [-0.25, -0.2) is 9.97 Å². The summed E-state index contributed by atoms with van der Waals surface area (Å²) in [5.41, 5.74) is 3.01. The van der Waals surface area contributed by atoms with Crippen molar-refractivity contribution in [1.82, 2.24) is 20.3 Å². The van der Waals surface area contributed by atoms with E-state index >= 15 is 0 Å². The van der Waals surface area contributed by atoms with Crippen molar-refractivity contribution in [3.63, 3.8) is 0 Å². The fraction of sp³-hybridized carbons (Fsp3) is 0.188. The van der Waals surface area contributed by atoms with E-state index in [4.69, 9.17) is 0 Å². The van der Waals surface area contributed by atoms with Crippen LogP contribution in [0.4, 0.5) is 0 Å². The third kappa shape index (κ3) is 2.65. The maximum absolute atomic E-state index is 4.59. The Morgan fingerprint density at radius 1 is 1.05 bits per heavy atom. The summed E-state index contributed by atoms with van der Waals surface area (Å²) in [5, 5.41) is 4.38. The molecule has 4 heteroatoms. The summed E-state index contributed by atoms with van der Waals surface area (Å²) in [7, 11) is 0. The molecule has 0 aliphatic rings. The second-order valence-corrected chi connectivity index (χ2v) is 4.56. The number of benzene rings is 1. The molecular formula is C16H16N4. The molecule has 0 saturated carbocycles. The van der Waals surface area contributed by atoms with Crippen LogP contribution in [0.1, 0.15) is 12.6 Å². The van der Waals surface area contributed by atoms with Crippen molar-refractivity contribution in [2.24, 2.45) is 0 Å². The molecule has 4 nitrogen and oxygen atoms in total. The molecule has 2 aromatic heterocycles. The van der Waals surface area contributed by atoms with Crippen molar-refractivity contribution >= 4 is 10.9 Å². The Balaban J connectivity index is 1.97. The molecule has 0 atom stereocenters. The second-order valence-electron chi connectivity index (χ2n) is 4.56. The first kappa shape index (κ1) is 12.7. The largest absolute Gasteiger partial charge is 0.311 e. The Hall–Kier alpha value is -2.33. The van der Waals surface area contributed by atoms with Crippen molar-refractivity contribution < 1.29 is 0 Å². The molecule has 20 heavy (non-hydrogen) atoms. The predicted molar refractivity (Wildman–Crippen MR) is 80.1 cm³/mol. The van der Waals surface area contributed by atoms with Gasteiger partial charge in [0.05, 0.1) is 11.2 Å². The highest BCUT2D eigenvalue weighted by Crippen LogP contribution is 2.20. The number of hydrogen-bond acceptors (Lipinski definition) is 4. The van der Waals surface area contributed by atoms with E-state index in [0.29, 0.717) is 0 Å². The first-order chi connectivity index (χ1) is 9.86. The van der Waals surface area contributed by atoms with Gasteiger partial charge in [0.2, 0.25) is 0 Å². The fourth-order valence-electron chi connectivity index (χ4n) is 2.10. The molecule has 100 valence electrons. The first-order valence-electron chi connectivity index (χ1n) is 6.74. The van der Waals surface area contributed by atoms with Gasteiger partial charge in [0, 0.05) is 29.9 Å². The minimum atomic E-state index is 0.756. The van der Waals surface area contributed by atoms with Gasteiger partial charge in [0.25, 0.3) is 0 Å². The average Bonchev–Trinajstić information content (AvgIpc) is 2.53. The van der Waals surface area contributed by atoms with Gasteiger partial charge >= 0.3 is 0 Å². The van der Waals surface area contributed by atoms with Crippen LogP contribution in [-0.2, 0) is 6.54 Å². The molecule has 3 rings (SSSR count). The molecular weight excluding hydrogens is 248 g/mol. The molecule has 0 spiro atoms. The molecule has 1 aromatic carbocycles. The van der Waals surface area contributed by atoms with Crippen LogP contribution in [-0.4, -0.2) is 21.5 Å². The second kappa shape index (κ2) is 5.75. The minimum Gasteiger partial charge on any atom is -0.311 e. The Labute approximate surface area is 117 Å². The quantitative estimate of drug-likeness (QED) is 0.787. The summed E-state index contributed by atoms with van der Waals surface area (Å²) >= 11 is 0. The van der Waals surface area contributed by atoms with Crippen LogP contribution in [0.15, 0.2) is 48.8 Å². The SMILES string of the molecule is CCNCc1ccnc(-c2ccc3ncccc3c2)n1. The smallest absolute Gasteiger partial charge is 0.159 e. The molecule has 0 aliphatic heterocycles. The Bertz CT molecular complexity index is 724. The van der Waals surface area contributed by atoms with Gasteiger partial charge in [0.1, 0.15) is 0 Å². The van der Waals surface area contributed by atoms with Gasteiger partial charge in [-0.1, -0.05) is 13.0 Å². The van der Waals surface area contributed by atoms with E-state index in [0.717, 1.165) is 41.1 Å². The predicted octanol–water partition coefficient (Wildman–Crippen LogP) is 2.80. The molecule has 0 aliphatic carbocycles. The van der Waals surface area contributed by atoms with Crippen LogP contribution in [0.3, 0.4) is 0 Å². The zero-order valence-electron chi connectivity index (χ0n) is 11.4. The van der Waals surface area contributed by atoms with E-state index in [2.05, 4.69) is 33.3 Å². The summed E-state index contributed by atoms with van der Waals surface area (Å²) < 4.78 is 0. The van der Waals surface area contributed by atoms with E-state index in [-0.39, 0.29) is 0 Å². The molecule has 0 unspecified atom stereocenters. The number of nitrogens with one attached hydrogen (secondary N) is 1. The monoisotopic (exact) mass is 264 g/mol. The number of nitrogens with zero attached hydrogens (tertiary/aromatic N) is 3. The number of pyridine rings is 1. The summed E-state index contributed by atoms with van der Waals surface area (Å²) in [4.78, 5) is 13.3. The van der Waals surface area contributed by atoms with Crippen LogP contribution >= 0.6 is 0 Å². The molecule has 1 N–H and O–H groups in total. The van der Waals surface area contributed by atoms with Gasteiger partial charge in [-0.15, -0.1) is 0 Å². The van der Waals surface area contributed by atoms with E-state index in [1.807, 2.05) is 36.5 Å². The van der Waals surface area contributed by atoms with Gasteiger partial charge in [-0.2, -0.15) is 0 Å². The van der Waals surface area contributed by atoms with Crippen LogP contribution in [0, 0.1) is 0 Å². The zero-order valence-corrected chi connectivity index (χ0v) is 11.4. The van der Waals surface area contributed by atoms with Crippen molar-refractivity contribution in [2.45, 2.75) is 13.5 Å². The van der Waals surface area contributed by atoms with Gasteiger partial charge in [0.15, 0.2) is 5.82 Å². The molecule has 0 bridgehead atoms. The van der Waals surface area contributed by atoms with Gasteiger partial charge < -0.3 is 5.32 Å². The highest BCUT2D eigenvalue weighted by atomic mass is 14.9. The molecule has 0 amide bonds. The third-order valence-corrected chi connectivity index (χ3v) is 3.13. The summed E-state index contributed by atoms with van der Waals surface area (Å²) in [6.45, 7) is 3.78. The lowest BCUT2D eigenvalue weighted by Crippen LogP contribution is -2.13. The lowest BCUT2D eigenvalue weighted by molar-refractivity contribution is 0.709. The highest BCUT2D eigenvalue weighted by molar-refractivity contribution is 5.82. The van der Waals surface area contributed by atoms with Crippen molar-refractivity contribution in [3.05, 3.63) is 54.5 Å². The van der Waals surface area contributed by atoms with E-state index in [1.54, 1.807) is 6.20 Å². The molecule has 0 radical (unpaired) electrons. The maximum atomic E-state index is 4.59. The summed E-state index contributed by atoms with van der Waals surface area (Å²) in [5.74, 6) is 0.756. The number of rotatable bonds is 4. The molecule has 0 saturated heterocycles. The van der Waals surface area contributed by atoms with Crippen molar-refractivity contribution in [1.29, 1.82) is 0 Å². The van der Waals surface area contributed by atoms with Crippen LogP contribution in [0.5, 0.6) is 0 Å². The maximum Gasteiger partial charge on any atom is 0.159 e. The number of fused-ring (bicyclic) bond motifs is 1. The Morgan fingerprint density at radius 2 is 2.00 bits per heavy atom. The lowest BCUT2D eigenvalue weighted by Gasteiger charge is -2.05. The first-order valence-corrected chi connectivity index (χ1v) is 6.74. The van der Waals surface area contributed by atoms with Crippen LogP contribution < -0.4 is 5.32 Å². The topological polar surface area (TPSA) is 50.7 Å². The zero-order chi connectivity index (χ0) is 13.8. The van der Waals surface area contributed by atoms with Crippen molar-refractivity contribution in [3.8, 4) is 11.4 Å². The summed E-state index contributed by atoms with van der Waals surface area (Å²) in [6, 6.07) is 12.0. The molecule has 3 aromatic rings. The average molecular weight is 264 g/mol. The fourth-order valence-corrected chi connectivity index (χ4v) is 2.10. The van der Waals surface area contributed by atoms with E-state index in [9.17, 15) is 0 Å².